The minimum absolute atomic E-state index is 0.123. The fourth-order valence-electron chi connectivity index (χ4n) is 4.29. The molecule has 0 fully saturated rings. The predicted molar refractivity (Wildman–Crippen MR) is 140 cm³/mol. The van der Waals surface area contributed by atoms with Crippen molar-refractivity contribution in [2.45, 2.75) is 39.7 Å². The Morgan fingerprint density at radius 2 is 1.89 bits per heavy atom. The fraction of sp³-hybridized carbons (Fsp3) is 0.321. The maximum absolute atomic E-state index is 13.6. The summed E-state index contributed by atoms with van der Waals surface area (Å²) in [5.41, 5.74) is 4.82. The quantitative estimate of drug-likeness (QED) is 0.355. The van der Waals surface area contributed by atoms with Gasteiger partial charge in [-0.1, -0.05) is 43.0 Å². The van der Waals surface area contributed by atoms with Crippen LogP contribution >= 0.6 is 0 Å². The lowest BCUT2D eigenvalue weighted by atomic mass is 10.0. The van der Waals surface area contributed by atoms with Crippen molar-refractivity contribution in [1.82, 2.24) is 24.6 Å². The van der Waals surface area contributed by atoms with Gasteiger partial charge in [0.25, 0.3) is 11.8 Å². The number of aryl methyl sites for hydroxylation is 3. The van der Waals surface area contributed by atoms with E-state index in [1.807, 2.05) is 71.4 Å². The first-order chi connectivity index (χ1) is 16.7. The smallest absolute Gasteiger partial charge is 0.267 e. The highest BCUT2D eigenvalue weighted by Crippen LogP contribution is 2.20. The number of rotatable bonds is 10. The third kappa shape index (κ3) is 6.18. The molecular weight excluding hydrogens is 438 g/mol. The Morgan fingerprint density at radius 3 is 2.46 bits per heavy atom. The summed E-state index contributed by atoms with van der Waals surface area (Å²) in [6.45, 7) is 10.1. The average molecular weight is 474 g/mol. The van der Waals surface area contributed by atoms with Crippen LogP contribution in [0.25, 0.3) is 5.70 Å². The zero-order valence-electron chi connectivity index (χ0n) is 21.3. The van der Waals surface area contributed by atoms with Crippen LogP contribution in [0.1, 0.15) is 40.8 Å². The van der Waals surface area contributed by atoms with E-state index in [1.54, 1.807) is 26.3 Å². The lowest BCUT2D eigenvalue weighted by molar-refractivity contribution is -0.127. The van der Waals surface area contributed by atoms with Crippen LogP contribution in [0.5, 0.6) is 0 Å². The molecule has 0 saturated carbocycles. The van der Waals surface area contributed by atoms with E-state index in [0.29, 0.717) is 30.7 Å². The van der Waals surface area contributed by atoms with Gasteiger partial charge in [0.05, 0.1) is 17.0 Å². The number of aromatic nitrogens is 3. The van der Waals surface area contributed by atoms with Crippen LogP contribution in [-0.4, -0.2) is 50.7 Å². The third-order valence-electron chi connectivity index (χ3n) is 6.27. The Balaban J connectivity index is 1.81. The van der Waals surface area contributed by atoms with E-state index in [1.165, 1.54) is 0 Å². The van der Waals surface area contributed by atoms with Gasteiger partial charge in [0.2, 0.25) is 0 Å². The summed E-state index contributed by atoms with van der Waals surface area (Å²) in [7, 11) is 3.65. The molecule has 0 saturated heterocycles. The Labute approximate surface area is 207 Å². The first-order valence-electron chi connectivity index (χ1n) is 11.8. The molecule has 7 heteroatoms. The fourth-order valence-corrected chi connectivity index (χ4v) is 4.29. The van der Waals surface area contributed by atoms with Gasteiger partial charge in [0.1, 0.15) is 5.69 Å². The van der Waals surface area contributed by atoms with Gasteiger partial charge in [-0.25, -0.2) is 4.68 Å². The molecule has 1 aromatic carbocycles. The van der Waals surface area contributed by atoms with Gasteiger partial charge in [0, 0.05) is 38.6 Å². The molecule has 0 bridgehead atoms. The maximum Gasteiger partial charge on any atom is 0.267 e. The summed E-state index contributed by atoms with van der Waals surface area (Å²) in [4.78, 5) is 28.0. The third-order valence-corrected chi connectivity index (χ3v) is 6.27. The molecule has 3 rings (SSSR count). The Hall–Kier alpha value is -3.87. The molecule has 3 aromatic rings. The molecule has 0 spiro atoms. The number of hydrogen-bond donors (Lipinski definition) is 1. The van der Waals surface area contributed by atoms with Crippen LogP contribution in [0, 0.1) is 13.8 Å². The highest BCUT2D eigenvalue weighted by atomic mass is 16.2. The second-order valence-corrected chi connectivity index (χ2v) is 8.85. The molecule has 0 radical (unpaired) electrons. The second kappa shape index (κ2) is 11.5. The molecule has 2 aromatic heterocycles. The number of amides is 2. The zero-order valence-corrected chi connectivity index (χ0v) is 21.3. The Bertz CT molecular complexity index is 1220. The maximum atomic E-state index is 13.6. The summed E-state index contributed by atoms with van der Waals surface area (Å²) in [5, 5.41) is 7.52. The molecular formula is C28H35N5O2. The van der Waals surface area contributed by atoms with Gasteiger partial charge in [-0.15, -0.1) is 0 Å². The summed E-state index contributed by atoms with van der Waals surface area (Å²) < 4.78 is 3.57. The Kier molecular flexibility index (Phi) is 8.47. The molecule has 1 unspecified atom stereocenters. The van der Waals surface area contributed by atoms with Gasteiger partial charge in [-0.2, -0.15) is 5.10 Å². The van der Waals surface area contributed by atoms with E-state index < -0.39 is 0 Å². The topological polar surface area (TPSA) is 72.2 Å². The number of allylic oxidation sites excluding steroid dienone is 1. The molecule has 1 N–H and O–H groups in total. The largest absolute Gasteiger partial charge is 0.351 e. The predicted octanol–water partition coefficient (Wildman–Crippen LogP) is 4.15. The van der Waals surface area contributed by atoms with Gasteiger partial charge in [-0.05, 0) is 57.4 Å². The van der Waals surface area contributed by atoms with E-state index in [4.69, 9.17) is 0 Å². The number of nitrogens with zero attached hydrogens (tertiary/aromatic N) is 4. The van der Waals surface area contributed by atoms with Crippen molar-refractivity contribution in [3.05, 3.63) is 95.6 Å². The Morgan fingerprint density at radius 1 is 1.17 bits per heavy atom. The summed E-state index contributed by atoms with van der Waals surface area (Å²) >= 11 is 0. The van der Waals surface area contributed by atoms with Crippen molar-refractivity contribution >= 4 is 17.5 Å². The summed E-state index contributed by atoms with van der Waals surface area (Å²) in [6, 6.07) is 15.6. The SMILES string of the molecule is C=CC(C(=O)N(C)C(CCNC(=O)c1cccn1C)Cc1ccccc1)=C(C)n1nc(C)cc1C. The number of likely N-dealkylation sites (N-methyl/N-ethyl adjacent to an activating group) is 1. The molecule has 7 nitrogen and oxygen atoms in total. The lowest BCUT2D eigenvalue weighted by Crippen LogP contribution is -2.41. The summed E-state index contributed by atoms with van der Waals surface area (Å²) in [6.07, 6.45) is 4.72. The van der Waals surface area contributed by atoms with Gasteiger partial charge in [-0.3, -0.25) is 9.59 Å². The van der Waals surface area contributed by atoms with Crippen LogP contribution in [0.3, 0.4) is 0 Å². The number of nitrogens with one attached hydrogen (secondary N) is 1. The van der Waals surface area contributed by atoms with E-state index in [-0.39, 0.29) is 17.9 Å². The lowest BCUT2D eigenvalue weighted by Gasteiger charge is -2.29. The standard InChI is InChI=1S/C28H35N5O2/c1-7-25(22(4)33-21(3)18-20(2)30-33)28(35)32(6)24(19-23-12-9-8-10-13-23)15-16-29-27(34)26-14-11-17-31(26)5/h7-14,17-18,24H,1,15-16,19H2,2-6H3,(H,29,34). The van der Waals surface area contributed by atoms with Crippen LogP contribution in [0.4, 0.5) is 0 Å². The molecule has 0 aliphatic heterocycles. The van der Waals surface area contributed by atoms with Gasteiger partial charge >= 0.3 is 0 Å². The van der Waals surface area contributed by atoms with Gasteiger partial charge in [0.15, 0.2) is 0 Å². The van der Waals surface area contributed by atoms with Crippen LogP contribution in [0.15, 0.2) is 73.0 Å². The number of benzene rings is 1. The van der Waals surface area contributed by atoms with Gasteiger partial charge < -0.3 is 14.8 Å². The molecule has 2 amide bonds. The average Bonchev–Trinajstić information content (AvgIpc) is 3.42. The zero-order chi connectivity index (χ0) is 25.5. The van der Waals surface area contributed by atoms with E-state index in [9.17, 15) is 9.59 Å². The van der Waals surface area contributed by atoms with Crippen molar-refractivity contribution in [3.8, 4) is 0 Å². The molecule has 184 valence electrons. The molecule has 0 aliphatic carbocycles. The van der Waals surface area contributed by atoms with E-state index in [2.05, 4.69) is 29.1 Å². The normalized spacial score (nSPS) is 12.6. The molecule has 35 heavy (non-hydrogen) atoms. The molecule has 0 aliphatic rings. The molecule has 1 atom stereocenters. The van der Waals surface area contributed by atoms with Crippen molar-refractivity contribution in [3.63, 3.8) is 0 Å². The first kappa shape index (κ1) is 25.7. The first-order valence-corrected chi connectivity index (χ1v) is 11.8. The van der Waals surface area contributed by atoms with Crippen molar-refractivity contribution < 1.29 is 9.59 Å². The second-order valence-electron chi connectivity index (χ2n) is 8.85. The summed E-state index contributed by atoms with van der Waals surface area (Å²) in [5.74, 6) is -0.253. The highest BCUT2D eigenvalue weighted by Gasteiger charge is 2.24. The van der Waals surface area contributed by atoms with E-state index >= 15 is 0 Å². The monoisotopic (exact) mass is 473 g/mol. The molecule has 2 heterocycles. The highest BCUT2D eigenvalue weighted by molar-refractivity contribution is 6.01. The minimum atomic E-state index is -0.128. The van der Waals surface area contributed by atoms with E-state index in [0.717, 1.165) is 22.6 Å². The van der Waals surface area contributed by atoms with Crippen molar-refractivity contribution in [2.75, 3.05) is 13.6 Å². The van der Waals surface area contributed by atoms with Crippen LogP contribution in [-0.2, 0) is 18.3 Å². The van der Waals surface area contributed by atoms with Crippen molar-refractivity contribution in [1.29, 1.82) is 0 Å². The number of carbonyl (C=O) groups is 2. The van der Waals surface area contributed by atoms with Crippen molar-refractivity contribution in [2.24, 2.45) is 7.05 Å². The number of carbonyl (C=O) groups excluding carboxylic acids is 2. The number of hydrogen-bond acceptors (Lipinski definition) is 3. The van der Waals surface area contributed by atoms with Crippen LogP contribution < -0.4 is 5.32 Å². The van der Waals surface area contributed by atoms with Crippen LogP contribution in [0.2, 0.25) is 0 Å². The minimum Gasteiger partial charge on any atom is -0.351 e.